The van der Waals surface area contributed by atoms with E-state index in [2.05, 4.69) is 16.2 Å². The van der Waals surface area contributed by atoms with Crippen LogP contribution in [-0.2, 0) is 0 Å². The number of rotatable bonds is 0. The fourth-order valence-corrected chi connectivity index (χ4v) is 0.357. The van der Waals surface area contributed by atoms with Crippen molar-refractivity contribution in [3.8, 4) is 0 Å². The second-order valence-corrected chi connectivity index (χ2v) is 1.29. The van der Waals surface area contributed by atoms with E-state index in [0.29, 0.717) is 0 Å². The maximum Gasteiger partial charge on any atom is 0.105 e. The summed E-state index contributed by atoms with van der Waals surface area (Å²) in [6.07, 6.45) is 4.05. The van der Waals surface area contributed by atoms with E-state index in [0.717, 1.165) is 0 Å². The molecular weight excluding hydrogens is 252 g/mol. The van der Waals surface area contributed by atoms with E-state index in [1.807, 2.05) is 0 Å². The SMILES string of the molecule is Clc1n[c-]ccn1.[Ce]. The summed E-state index contributed by atoms with van der Waals surface area (Å²) in [6, 6.07) is 1.59. The third-order valence-electron chi connectivity index (χ3n) is 0.487. The molecule has 40 valence electrons. The van der Waals surface area contributed by atoms with E-state index in [1.54, 1.807) is 6.07 Å². The molecule has 0 fully saturated rings. The van der Waals surface area contributed by atoms with Crippen molar-refractivity contribution >= 4 is 11.6 Å². The summed E-state index contributed by atoms with van der Waals surface area (Å²) in [7, 11) is 0. The molecule has 0 radical (unpaired) electrons. The Morgan fingerprint density at radius 3 is 2.62 bits per heavy atom. The molecule has 1 heterocycles. The van der Waals surface area contributed by atoms with Crippen LogP contribution in [0.15, 0.2) is 12.3 Å². The van der Waals surface area contributed by atoms with E-state index in [1.165, 1.54) is 6.20 Å². The van der Waals surface area contributed by atoms with Gasteiger partial charge in [-0.25, -0.2) is 0 Å². The summed E-state index contributed by atoms with van der Waals surface area (Å²) in [5.74, 6) is 0. The van der Waals surface area contributed by atoms with Gasteiger partial charge >= 0.3 is 0 Å². The van der Waals surface area contributed by atoms with Gasteiger partial charge in [0.05, 0.1) is 0 Å². The molecule has 0 aromatic carbocycles. The Labute approximate surface area is 86.1 Å². The number of hydrogen-bond donors (Lipinski definition) is 0. The molecule has 1 rings (SSSR count). The van der Waals surface area contributed by atoms with Crippen molar-refractivity contribution < 1.29 is 41.7 Å². The molecule has 1 aromatic heterocycles. The molecule has 0 bridgehead atoms. The quantitative estimate of drug-likeness (QED) is 0.508. The fraction of sp³-hybridized carbons (Fsp3) is 0. The van der Waals surface area contributed by atoms with Gasteiger partial charge in [0.2, 0.25) is 0 Å². The van der Waals surface area contributed by atoms with Crippen LogP contribution in [0.5, 0.6) is 0 Å². The van der Waals surface area contributed by atoms with Crippen molar-refractivity contribution in [2.75, 3.05) is 0 Å². The Bertz CT molecular complexity index is 144. The second-order valence-electron chi connectivity index (χ2n) is 0.955. The first-order valence-corrected chi connectivity index (χ1v) is 2.12. The molecule has 0 aliphatic carbocycles. The maximum atomic E-state index is 5.29. The van der Waals surface area contributed by atoms with Crippen molar-refractivity contribution in [1.82, 2.24) is 9.97 Å². The van der Waals surface area contributed by atoms with Gasteiger partial charge in [0, 0.05) is 41.7 Å². The van der Waals surface area contributed by atoms with E-state index >= 15 is 0 Å². The van der Waals surface area contributed by atoms with Gasteiger partial charge in [0.25, 0.3) is 0 Å². The van der Waals surface area contributed by atoms with Crippen LogP contribution in [0.3, 0.4) is 0 Å². The average molecular weight is 254 g/mol. The van der Waals surface area contributed by atoms with Crippen LogP contribution in [0.4, 0.5) is 0 Å². The van der Waals surface area contributed by atoms with Gasteiger partial charge in [0.15, 0.2) is 0 Å². The topological polar surface area (TPSA) is 25.8 Å². The second kappa shape index (κ2) is 4.61. The van der Waals surface area contributed by atoms with Crippen LogP contribution in [0, 0.1) is 47.9 Å². The maximum absolute atomic E-state index is 5.29. The molecule has 1 aromatic rings. The van der Waals surface area contributed by atoms with Crippen LogP contribution in [0.2, 0.25) is 5.28 Å². The molecule has 0 spiro atoms. The first kappa shape index (κ1) is 8.75. The molecule has 0 N–H and O–H groups in total. The number of halogens is 1. The minimum absolute atomic E-state index is 0. The summed E-state index contributed by atoms with van der Waals surface area (Å²) in [4.78, 5) is 7.11. The Kier molecular flexibility index (Phi) is 5.04. The largest absolute Gasteiger partial charge is 0.359 e. The number of nitrogens with zero attached hydrogens (tertiary/aromatic N) is 2. The van der Waals surface area contributed by atoms with E-state index in [9.17, 15) is 0 Å². The zero-order valence-electron chi connectivity index (χ0n) is 3.93. The third kappa shape index (κ3) is 2.91. The molecule has 0 atom stereocenters. The molecule has 0 aliphatic rings. The standard InChI is InChI=1S/C4H2ClN2.Ce/c5-4-6-2-1-3-7-4;/h1-2H;/q-1;. The van der Waals surface area contributed by atoms with Crippen LogP contribution in [0.25, 0.3) is 0 Å². The van der Waals surface area contributed by atoms with Crippen molar-refractivity contribution in [2.45, 2.75) is 0 Å². The van der Waals surface area contributed by atoms with Crippen molar-refractivity contribution in [2.24, 2.45) is 0 Å². The normalized spacial score (nSPS) is 7.62. The van der Waals surface area contributed by atoms with Crippen LogP contribution in [0.1, 0.15) is 0 Å². The monoisotopic (exact) mass is 253 g/mol. The number of hydrogen-bond acceptors (Lipinski definition) is 2. The van der Waals surface area contributed by atoms with Crippen LogP contribution >= 0.6 is 11.6 Å². The van der Waals surface area contributed by atoms with Gasteiger partial charge in [0.1, 0.15) is 5.28 Å². The minimum atomic E-state index is 0. The van der Waals surface area contributed by atoms with E-state index < -0.39 is 0 Å². The van der Waals surface area contributed by atoms with Gasteiger partial charge in [-0.05, 0) is 0 Å². The Hall–Kier alpha value is 0.747. The first-order valence-electron chi connectivity index (χ1n) is 1.74. The Morgan fingerprint density at radius 1 is 1.62 bits per heavy atom. The summed E-state index contributed by atoms with van der Waals surface area (Å²) in [5, 5.41) is 0.238. The van der Waals surface area contributed by atoms with E-state index in [-0.39, 0.29) is 47.0 Å². The Balaban J connectivity index is 0.000000490. The molecule has 0 amide bonds. The molecule has 0 unspecified atom stereocenters. The average Bonchev–Trinajstić information content (AvgIpc) is 1.69. The van der Waals surface area contributed by atoms with Gasteiger partial charge in [-0.3, -0.25) is 0 Å². The van der Waals surface area contributed by atoms with Crippen molar-refractivity contribution in [3.05, 3.63) is 23.7 Å². The molecule has 0 aliphatic heterocycles. The van der Waals surface area contributed by atoms with Gasteiger partial charge in [-0.1, -0.05) is 12.4 Å². The van der Waals surface area contributed by atoms with Crippen LogP contribution in [-0.4, -0.2) is 9.97 Å². The zero-order valence-corrected chi connectivity index (χ0v) is 7.82. The first-order chi connectivity index (χ1) is 3.39. The number of aromatic nitrogens is 2. The molecule has 8 heavy (non-hydrogen) atoms. The molecule has 0 saturated carbocycles. The molecule has 4 heteroatoms. The predicted molar refractivity (Wildman–Crippen MR) is 25.9 cm³/mol. The minimum Gasteiger partial charge on any atom is -0.359 e. The van der Waals surface area contributed by atoms with Gasteiger partial charge < -0.3 is 9.97 Å². The summed E-state index contributed by atoms with van der Waals surface area (Å²) < 4.78 is 0. The summed E-state index contributed by atoms with van der Waals surface area (Å²) in [6.45, 7) is 0. The van der Waals surface area contributed by atoms with Gasteiger partial charge in [-0.15, -0.1) is 17.7 Å². The van der Waals surface area contributed by atoms with Crippen LogP contribution < -0.4 is 0 Å². The summed E-state index contributed by atoms with van der Waals surface area (Å²) in [5.41, 5.74) is 0. The molecule has 2 nitrogen and oxygen atoms in total. The summed E-state index contributed by atoms with van der Waals surface area (Å²) >= 11 is 5.29. The van der Waals surface area contributed by atoms with Gasteiger partial charge in [-0.2, -0.15) is 0 Å². The zero-order chi connectivity index (χ0) is 5.11. The molecular formula is C4H2CeClN2-. The van der Waals surface area contributed by atoms with E-state index in [4.69, 9.17) is 11.6 Å². The predicted octanol–water partition coefficient (Wildman–Crippen LogP) is 0.930. The third-order valence-corrected chi connectivity index (χ3v) is 0.669. The molecule has 0 saturated heterocycles. The smallest absolute Gasteiger partial charge is 0.105 e. The van der Waals surface area contributed by atoms with Crippen molar-refractivity contribution in [1.29, 1.82) is 0 Å². The Morgan fingerprint density at radius 2 is 2.38 bits per heavy atom. The van der Waals surface area contributed by atoms with Crippen molar-refractivity contribution in [3.63, 3.8) is 0 Å². The fourth-order valence-electron chi connectivity index (χ4n) is 0.252.